The van der Waals surface area contributed by atoms with Crippen LogP contribution >= 0.6 is 0 Å². The maximum atomic E-state index is 11.0. The van der Waals surface area contributed by atoms with Gasteiger partial charge in [-0.05, 0) is 62.2 Å². The Hall–Kier alpha value is -3.60. The number of hydrogen-bond acceptors (Lipinski definition) is 5. The molecule has 4 rings (SSSR count). The predicted molar refractivity (Wildman–Crippen MR) is 120 cm³/mol. The Balaban J connectivity index is 1.78. The summed E-state index contributed by atoms with van der Waals surface area (Å²) >= 11 is 0. The molecule has 30 heavy (non-hydrogen) atoms. The first-order valence-electron chi connectivity index (χ1n) is 10.0. The van der Waals surface area contributed by atoms with Crippen LogP contribution in [-0.4, -0.2) is 21.2 Å². The highest BCUT2D eigenvalue weighted by Gasteiger charge is 2.20. The fourth-order valence-corrected chi connectivity index (χ4v) is 3.49. The molecule has 0 fully saturated rings. The van der Waals surface area contributed by atoms with E-state index in [-0.39, 0.29) is 17.9 Å². The van der Waals surface area contributed by atoms with Gasteiger partial charge in [0, 0.05) is 23.3 Å². The van der Waals surface area contributed by atoms with Crippen molar-refractivity contribution in [3.63, 3.8) is 0 Å². The first-order chi connectivity index (χ1) is 14.5. The highest BCUT2D eigenvalue weighted by Crippen LogP contribution is 2.36. The smallest absolute Gasteiger partial charge is 0.147 e. The highest BCUT2D eigenvalue weighted by molar-refractivity contribution is 5.86. The average molecular weight is 399 g/mol. The fourth-order valence-electron chi connectivity index (χ4n) is 3.49. The second-order valence-corrected chi connectivity index (χ2v) is 7.61. The van der Waals surface area contributed by atoms with Crippen LogP contribution < -0.4 is 10.1 Å². The number of aromatic nitrogens is 2. The molecule has 0 radical (unpaired) electrons. The maximum absolute atomic E-state index is 11.0. The molecule has 0 saturated carbocycles. The molecule has 0 aliphatic rings. The van der Waals surface area contributed by atoms with Gasteiger partial charge in [-0.25, -0.2) is 4.98 Å². The number of hydrogen-bond donors (Lipinski definition) is 2. The molecule has 0 bridgehead atoms. The van der Waals surface area contributed by atoms with E-state index in [9.17, 15) is 5.11 Å². The first-order valence-corrected chi connectivity index (χ1v) is 10.0. The van der Waals surface area contributed by atoms with Crippen LogP contribution in [-0.2, 0) is 0 Å². The van der Waals surface area contributed by atoms with Gasteiger partial charge >= 0.3 is 0 Å². The number of anilines is 1. The number of pyridine rings is 2. The van der Waals surface area contributed by atoms with Crippen molar-refractivity contribution in [3.8, 4) is 11.5 Å². The van der Waals surface area contributed by atoms with Crippen molar-refractivity contribution in [2.75, 3.05) is 5.32 Å². The molecule has 152 valence electrons. The van der Waals surface area contributed by atoms with Crippen LogP contribution in [0.1, 0.15) is 36.6 Å². The Morgan fingerprint density at radius 1 is 0.933 bits per heavy atom. The molecule has 0 spiro atoms. The van der Waals surface area contributed by atoms with Crippen LogP contribution in [0.4, 0.5) is 5.82 Å². The third kappa shape index (κ3) is 4.20. The molecule has 0 saturated heterocycles. The minimum absolute atomic E-state index is 0.108. The Morgan fingerprint density at radius 3 is 2.47 bits per heavy atom. The number of aryl methyl sites for hydroxylation is 1. The second-order valence-electron chi connectivity index (χ2n) is 7.61. The molecular weight excluding hydrogens is 374 g/mol. The van der Waals surface area contributed by atoms with Crippen LogP contribution in [0.3, 0.4) is 0 Å². The van der Waals surface area contributed by atoms with E-state index in [1.165, 1.54) is 0 Å². The van der Waals surface area contributed by atoms with E-state index in [0.29, 0.717) is 5.52 Å². The lowest BCUT2D eigenvalue weighted by Crippen LogP contribution is -2.14. The van der Waals surface area contributed by atoms with Crippen molar-refractivity contribution in [1.82, 2.24) is 9.97 Å². The standard InChI is InChI=1S/C25H25N3O2/c1-16(2)30-20-9-6-19(7-10-20)23(28-22-15-17(3)12-14-26-22)21-11-8-18-5-4-13-27-24(18)25(21)29/h4-16,23,29H,1-3H3,(H,26,28)/t23-/m1/s1. The van der Waals surface area contributed by atoms with Crippen molar-refractivity contribution in [2.24, 2.45) is 0 Å². The summed E-state index contributed by atoms with van der Waals surface area (Å²) in [6, 6.07) is 19.3. The number of phenols is 1. The third-order valence-corrected chi connectivity index (χ3v) is 4.88. The van der Waals surface area contributed by atoms with E-state index in [0.717, 1.165) is 33.6 Å². The summed E-state index contributed by atoms with van der Waals surface area (Å²) in [6.07, 6.45) is 3.57. The predicted octanol–water partition coefficient (Wildman–Crippen LogP) is 5.63. The first kappa shape index (κ1) is 19.7. The zero-order chi connectivity index (χ0) is 21.1. The van der Waals surface area contributed by atoms with Gasteiger partial charge in [0.2, 0.25) is 0 Å². The molecule has 1 atom stereocenters. The zero-order valence-electron chi connectivity index (χ0n) is 17.3. The number of nitrogens with zero attached hydrogens (tertiary/aromatic N) is 2. The van der Waals surface area contributed by atoms with Crippen molar-refractivity contribution < 1.29 is 9.84 Å². The van der Waals surface area contributed by atoms with Gasteiger partial charge in [-0.2, -0.15) is 0 Å². The molecule has 5 nitrogen and oxygen atoms in total. The lowest BCUT2D eigenvalue weighted by atomic mass is 9.96. The van der Waals surface area contributed by atoms with Crippen molar-refractivity contribution in [1.29, 1.82) is 0 Å². The highest BCUT2D eigenvalue weighted by atomic mass is 16.5. The Morgan fingerprint density at radius 2 is 1.73 bits per heavy atom. The zero-order valence-corrected chi connectivity index (χ0v) is 17.3. The second kappa shape index (κ2) is 8.41. The molecule has 2 aromatic carbocycles. The summed E-state index contributed by atoms with van der Waals surface area (Å²) in [5, 5.41) is 15.4. The number of fused-ring (bicyclic) bond motifs is 1. The van der Waals surface area contributed by atoms with E-state index in [4.69, 9.17) is 4.74 Å². The number of nitrogens with one attached hydrogen (secondary N) is 1. The molecule has 5 heteroatoms. The third-order valence-electron chi connectivity index (χ3n) is 4.88. The van der Waals surface area contributed by atoms with Gasteiger partial charge in [-0.15, -0.1) is 0 Å². The van der Waals surface area contributed by atoms with Gasteiger partial charge in [0.1, 0.15) is 22.8 Å². The van der Waals surface area contributed by atoms with Gasteiger partial charge in [0.25, 0.3) is 0 Å². The van der Waals surface area contributed by atoms with Crippen LogP contribution in [0, 0.1) is 6.92 Å². The number of benzene rings is 2. The molecule has 2 heterocycles. The van der Waals surface area contributed by atoms with E-state index < -0.39 is 0 Å². The quantitative estimate of drug-likeness (QED) is 0.440. The lowest BCUT2D eigenvalue weighted by Gasteiger charge is -2.22. The van der Waals surface area contributed by atoms with Crippen molar-refractivity contribution in [3.05, 3.63) is 89.7 Å². The Labute approximate surface area is 176 Å². The van der Waals surface area contributed by atoms with E-state index in [1.807, 2.05) is 81.4 Å². The summed E-state index contributed by atoms with van der Waals surface area (Å²) in [7, 11) is 0. The van der Waals surface area contributed by atoms with Crippen molar-refractivity contribution >= 4 is 16.7 Å². The number of rotatable bonds is 6. The minimum Gasteiger partial charge on any atom is -0.505 e. The lowest BCUT2D eigenvalue weighted by molar-refractivity contribution is 0.242. The SMILES string of the molecule is Cc1ccnc(N[C@H](c2ccc(OC(C)C)cc2)c2ccc3cccnc3c2O)c1. The summed E-state index contributed by atoms with van der Waals surface area (Å²) in [5.74, 6) is 1.72. The van der Waals surface area contributed by atoms with Crippen molar-refractivity contribution in [2.45, 2.75) is 32.9 Å². The van der Waals surface area contributed by atoms with Gasteiger partial charge in [0.15, 0.2) is 0 Å². The van der Waals surface area contributed by atoms with Gasteiger partial charge in [-0.3, -0.25) is 4.98 Å². The summed E-state index contributed by atoms with van der Waals surface area (Å²) < 4.78 is 5.78. The topological polar surface area (TPSA) is 67.3 Å². The summed E-state index contributed by atoms with van der Waals surface area (Å²) in [5.41, 5.74) is 3.41. The normalized spacial score (nSPS) is 12.1. The van der Waals surface area contributed by atoms with Crippen LogP contribution in [0.5, 0.6) is 11.5 Å². The summed E-state index contributed by atoms with van der Waals surface area (Å²) in [4.78, 5) is 8.82. The number of phenolic OH excluding ortho intramolecular Hbond substituents is 1. The fraction of sp³-hybridized carbons (Fsp3) is 0.200. The van der Waals surface area contributed by atoms with E-state index in [2.05, 4.69) is 15.3 Å². The minimum atomic E-state index is -0.307. The van der Waals surface area contributed by atoms with Crippen LogP contribution in [0.25, 0.3) is 10.9 Å². The molecular formula is C25H25N3O2. The molecule has 0 amide bonds. The van der Waals surface area contributed by atoms with Gasteiger partial charge in [-0.1, -0.05) is 30.3 Å². The molecule has 2 N–H and O–H groups in total. The van der Waals surface area contributed by atoms with E-state index >= 15 is 0 Å². The summed E-state index contributed by atoms with van der Waals surface area (Å²) in [6.45, 7) is 6.03. The molecule has 0 aliphatic heterocycles. The van der Waals surface area contributed by atoms with Gasteiger partial charge < -0.3 is 15.2 Å². The number of ether oxygens (including phenoxy) is 1. The van der Waals surface area contributed by atoms with Gasteiger partial charge in [0.05, 0.1) is 12.1 Å². The maximum Gasteiger partial charge on any atom is 0.147 e. The monoisotopic (exact) mass is 399 g/mol. The Bertz CT molecular complexity index is 1160. The average Bonchev–Trinajstić information content (AvgIpc) is 2.73. The van der Waals surface area contributed by atoms with E-state index in [1.54, 1.807) is 12.4 Å². The molecule has 0 aliphatic carbocycles. The largest absolute Gasteiger partial charge is 0.505 e. The molecule has 0 unspecified atom stereocenters. The Kier molecular flexibility index (Phi) is 5.53. The molecule has 2 aromatic heterocycles. The van der Waals surface area contributed by atoms with Crippen LogP contribution in [0.15, 0.2) is 73.1 Å². The number of aromatic hydroxyl groups is 1. The molecule has 4 aromatic rings. The van der Waals surface area contributed by atoms with Crippen LogP contribution in [0.2, 0.25) is 0 Å².